The largest absolute Gasteiger partial charge is 0.172 e. The van der Waals surface area contributed by atoms with Gasteiger partial charge < -0.3 is 0 Å². The maximum atomic E-state index is 5.30. The number of thiophene rings is 6. The maximum absolute atomic E-state index is 5.30. The number of nitrogens with zero attached hydrogens (tertiary/aromatic N) is 2. The Balaban J connectivity index is 1.00. The molecule has 4 unspecified atom stereocenters. The van der Waals surface area contributed by atoms with Crippen LogP contribution in [0.1, 0.15) is 620 Å². The Morgan fingerprint density at radius 1 is 0.216 bits per heavy atom. The van der Waals surface area contributed by atoms with Crippen LogP contribution in [0.25, 0.3) is 69.9 Å². The number of rotatable bonds is 94. The van der Waals surface area contributed by atoms with Crippen molar-refractivity contribution >= 4 is 119 Å². The van der Waals surface area contributed by atoms with Crippen LogP contribution in [0.5, 0.6) is 0 Å². The zero-order chi connectivity index (χ0) is 94.6. The SMILES string of the molecule is CCCCCCCCCCC(C)CCCCCCCc1cc(-c2ccc(-c3cc(CCCCCCCC(CCCCCCCC)CCCCCCCCCC)c(-c4sc5c(sc6c7sc(C)c(CCCCCCCCC(CCCCCCCC)CCCCCCCCCC)c7sc56)c4CCCCCCCCC(CCCCCCCC)CCCCCCCCCC)s3)c3nsnc23)sc1C. The van der Waals surface area contributed by atoms with E-state index in [0.29, 0.717) is 0 Å². The number of benzene rings is 1. The van der Waals surface area contributed by atoms with E-state index in [4.69, 9.17) is 8.75 Å². The highest BCUT2D eigenvalue weighted by atomic mass is 32.1. The second-order valence-corrected chi connectivity index (χ2v) is 51.0. The molecular formula is C125H212N2S7. The third-order valence-electron chi connectivity index (χ3n) is 31.8. The van der Waals surface area contributed by atoms with Crippen LogP contribution in [0.3, 0.4) is 0 Å². The highest BCUT2D eigenvalue weighted by Crippen LogP contribution is 2.57. The Bertz CT molecular complexity index is 4080. The second kappa shape index (κ2) is 76.6. The van der Waals surface area contributed by atoms with Crippen molar-refractivity contribution in [1.29, 1.82) is 0 Å². The highest BCUT2D eigenvalue weighted by Gasteiger charge is 2.28. The van der Waals surface area contributed by atoms with Crippen molar-refractivity contribution in [3.8, 4) is 30.6 Å². The van der Waals surface area contributed by atoms with Gasteiger partial charge in [-0.2, -0.15) is 8.75 Å². The average Bonchev–Trinajstić information content (AvgIpc) is 1.55. The van der Waals surface area contributed by atoms with Gasteiger partial charge in [0, 0.05) is 40.4 Å². The van der Waals surface area contributed by atoms with Crippen LogP contribution in [0.15, 0.2) is 24.3 Å². The minimum absolute atomic E-state index is 0.887. The molecule has 0 aliphatic heterocycles. The van der Waals surface area contributed by atoms with Crippen molar-refractivity contribution < 1.29 is 0 Å². The lowest BCUT2D eigenvalue weighted by atomic mass is 9.89. The van der Waals surface area contributed by atoms with Crippen LogP contribution in [0.2, 0.25) is 0 Å². The van der Waals surface area contributed by atoms with Crippen molar-refractivity contribution in [1.82, 2.24) is 8.75 Å². The lowest BCUT2D eigenvalue weighted by molar-refractivity contribution is 0.365. The molecule has 4 atom stereocenters. The van der Waals surface area contributed by atoms with E-state index in [1.54, 1.807) is 65.1 Å². The van der Waals surface area contributed by atoms with E-state index in [-0.39, 0.29) is 0 Å². The first-order chi connectivity index (χ1) is 66.1. The molecule has 0 aliphatic carbocycles. The molecule has 7 aromatic heterocycles. The summed E-state index contributed by atoms with van der Waals surface area (Å²) in [6.45, 7) is 23.9. The van der Waals surface area contributed by atoms with Gasteiger partial charge in [-0.1, -0.05) is 575 Å². The van der Waals surface area contributed by atoms with E-state index in [9.17, 15) is 0 Å². The summed E-state index contributed by atoms with van der Waals surface area (Å²) in [5, 5.41) is 0. The molecule has 0 aliphatic rings. The first-order valence-electron chi connectivity index (χ1n) is 60.0. The molecule has 8 aromatic rings. The number of aromatic nitrogens is 2. The van der Waals surface area contributed by atoms with E-state index in [2.05, 4.69) is 150 Å². The molecule has 0 spiro atoms. The Kier molecular flexibility index (Phi) is 67.1. The van der Waals surface area contributed by atoms with Crippen molar-refractivity contribution in [2.75, 3.05) is 0 Å². The maximum Gasteiger partial charge on any atom is 0.114 e. The fourth-order valence-corrected chi connectivity index (χ4v) is 32.1. The number of unbranched alkanes of at least 4 members (excludes halogenated alkanes) is 61. The van der Waals surface area contributed by atoms with E-state index >= 15 is 0 Å². The molecule has 0 N–H and O–H groups in total. The smallest absolute Gasteiger partial charge is 0.114 e. The summed E-state index contributed by atoms with van der Waals surface area (Å²) >= 11 is 14.4. The summed E-state index contributed by atoms with van der Waals surface area (Å²) in [6.07, 6.45) is 123. The predicted molar refractivity (Wildman–Crippen MR) is 620 cm³/mol. The normalized spacial score (nSPS) is 13.1. The third-order valence-corrected chi connectivity index (χ3v) is 40.4. The Hall–Kier alpha value is -1.98. The Labute approximate surface area is 858 Å². The summed E-state index contributed by atoms with van der Waals surface area (Å²) in [5.74, 6) is 3.75. The Morgan fingerprint density at radius 3 is 0.791 bits per heavy atom. The van der Waals surface area contributed by atoms with Gasteiger partial charge in [0.15, 0.2) is 0 Å². The number of hydrogen-bond donors (Lipinski definition) is 0. The molecule has 0 radical (unpaired) electrons. The van der Waals surface area contributed by atoms with Crippen molar-refractivity contribution in [2.24, 2.45) is 23.7 Å². The first kappa shape index (κ1) is 117. The fraction of sp³-hybridized carbons (Fsp3) is 0.808. The van der Waals surface area contributed by atoms with Gasteiger partial charge in [0.25, 0.3) is 0 Å². The van der Waals surface area contributed by atoms with Gasteiger partial charge in [0.05, 0.1) is 39.9 Å². The molecule has 1 aromatic carbocycles. The zero-order valence-electron chi connectivity index (χ0n) is 89.9. The molecule has 0 bridgehead atoms. The zero-order valence-corrected chi connectivity index (χ0v) is 95.6. The van der Waals surface area contributed by atoms with Crippen LogP contribution in [0.4, 0.5) is 0 Å². The summed E-state index contributed by atoms with van der Waals surface area (Å²) in [6, 6.07) is 10.2. The number of aryl methyl sites for hydroxylation is 6. The average molecular weight is 1970 g/mol. The van der Waals surface area contributed by atoms with Crippen molar-refractivity contribution in [2.45, 2.75) is 628 Å². The predicted octanol–water partition coefficient (Wildman–Crippen LogP) is 48.3. The van der Waals surface area contributed by atoms with Gasteiger partial charge in [0.2, 0.25) is 0 Å². The summed E-state index contributed by atoms with van der Waals surface area (Å²) < 4.78 is 20.3. The molecule has 0 fully saturated rings. The lowest BCUT2D eigenvalue weighted by Gasteiger charge is -2.17. The molecule has 9 heteroatoms. The number of fused-ring (bicyclic) bond motifs is 6. The molecule has 8 rings (SSSR count). The van der Waals surface area contributed by atoms with Crippen molar-refractivity contribution in [3.63, 3.8) is 0 Å². The van der Waals surface area contributed by atoms with Gasteiger partial charge in [-0.05, 0) is 123 Å². The molecule has 0 saturated heterocycles. The standard InChI is InChI=1S/C125H212N2S7/c1-11-18-25-32-39-43-53-68-83-102(8)84-69-54-51-64-79-94-108-100-114(128-103(108)9)111-98-99-112(117-116(111)126-134-127-117)115-101-109(95-80-65-52-63-78-93-107(87-72-57-38-31-24-17-7)90-75-60-46-42-35-28-21-14-4)118(130-115)120-113(97-82-67-50-48-62-77-92-106(86-71-56-37-30-23-16-6)89-74-59-45-41-34-27-20-13-3)121-123(132-120)125-124(133-121)122-119(131-125)110(104(10)129-122)96-81-66-49-47-61-76-91-105(85-70-55-36-29-22-15-5)88-73-58-44-40-33-26-19-12-2/h98-102,105-107H,11-97H2,1-10H3. The summed E-state index contributed by atoms with van der Waals surface area (Å²) in [5.41, 5.74) is 11.3. The second-order valence-electron chi connectivity index (χ2n) is 43.9. The minimum Gasteiger partial charge on any atom is -0.172 e. The Morgan fingerprint density at radius 2 is 0.463 bits per heavy atom. The lowest BCUT2D eigenvalue weighted by Crippen LogP contribution is -2.02. The van der Waals surface area contributed by atoms with E-state index in [1.165, 1.54) is 590 Å². The topological polar surface area (TPSA) is 25.8 Å². The summed E-state index contributed by atoms with van der Waals surface area (Å²) in [7, 11) is 0. The van der Waals surface area contributed by atoms with Gasteiger partial charge in [-0.3, -0.25) is 0 Å². The molecule has 0 amide bonds. The van der Waals surface area contributed by atoms with Crippen LogP contribution in [0, 0.1) is 37.5 Å². The van der Waals surface area contributed by atoms with Crippen LogP contribution < -0.4 is 0 Å². The van der Waals surface area contributed by atoms with Crippen LogP contribution >= 0.6 is 79.7 Å². The summed E-state index contributed by atoms with van der Waals surface area (Å²) in [4.78, 5) is 9.07. The van der Waals surface area contributed by atoms with Crippen molar-refractivity contribution in [3.05, 3.63) is 56.3 Å². The monoisotopic (exact) mass is 1970 g/mol. The highest BCUT2D eigenvalue weighted by molar-refractivity contribution is 7.45. The first-order valence-corrected chi connectivity index (χ1v) is 65.6. The van der Waals surface area contributed by atoms with Crippen LogP contribution in [-0.2, 0) is 25.7 Å². The van der Waals surface area contributed by atoms with Gasteiger partial charge in [-0.15, -0.1) is 68.0 Å². The fourth-order valence-electron chi connectivity index (χ4n) is 22.8. The molecule has 2 nitrogen and oxygen atoms in total. The van der Waals surface area contributed by atoms with Gasteiger partial charge in [0.1, 0.15) is 11.0 Å². The van der Waals surface area contributed by atoms with E-state index in [0.717, 1.165) is 41.1 Å². The number of hydrogen-bond acceptors (Lipinski definition) is 9. The molecule has 134 heavy (non-hydrogen) atoms. The molecule has 764 valence electrons. The van der Waals surface area contributed by atoms with Gasteiger partial charge >= 0.3 is 0 Å². The molecular weight excluding hydrogens is 1750 g/mol. The third kappa shape index (κ3) is 46.8. The molecule has 7 heterocycles. The van der Waals surface area contributed by atoms with Gasteiger partial charge in [-0.25, -0.2) is 0 Å². The van der Waals surface area contributed by atoms with E-state index < -0.39 is 0 Å². The molecule has 0 saturated carbocycles. The van der Waals surface area contributed by atoms with E-state index in [1.807, 2.05) is 11.3 Å². The van der Waals surface area contributed by atoms with Crippen LogP contribution in [-0.4, -0.2) is 8.75 Å². The minimum atomic E-state index is 0.887. The quantitative estimate of drug-likeness (QED) is 0.0355.